The lowest BCUT2D eigenvalue weighted by molar-refractivity contribution is -0.176. The molecule has 7 atom stereocenters. The molecule has 4 aliphatic rings. The van der Waals surface area contributed by atoms with Crippen LogP contribution in [-0.2, 0) is 19.1 Å². The maximum absolute atomic E-state index is 12.4. The van der Waals surface area contributed by atoms with Gasteiger partial charge in [-0.05, 0) is 74.2 Å². The maximum Gasteiger partial charge on any atom is 0.302 e. The molecule has 3 saturated carbocycles. The molecule has 4 rings (SSSR count). The molecule has 0 aliphatic heterocycles. The molecule has 0 saturated heterocycles. The Labute approximate surface area is 162 Å². The second-order valence-corrected chi connectivity index (χ2v) is 9.99. The summed E-state index contributed by atoms with van der Waals surface area (Å²) in [6.07, 6.45) is 8.02. The minimum Gasteiger partial charge on any atom is -0.462 e. The first-order valence-corrected chi connectivity index (χ1v) is 10.6. The average molecular weight is 373 g/mol. The van der Waals surface area contributed by atoms with Crippen molar-refractivity contribution in [2.75, 3.05) is 0 Å². The van der Waals surface area contributed by atoms with Gasteiger partial charge in [-0.2, -0.15) is 0 Å². The van der Waals surface area contributed by atoms with Gasteiger partial charge in [-0.15, -0.1) is 0 Å². The lowest BCUT2D eigenvalue weighted by Gasteiger charge is -2.60. The number of allylic oxidation sites excluding steroid dienone is 1. The van der Waals surface area contributed by atoms with Crippen molar-refractivity contribution in [3.8, 4) is 0 Å². The summed E-state index contributed by atoms with van der Waals surface area (Å²) in [4.78, 5) is 36.4. The standard InChI is InChI=1S/C23H32O4/c1-13(24)18-7-8-19-17-6-5-15-11-16(26)9-10-22(15,3)21(17)20(27-14(2)25)12-23(18,19)4/h11,17-21H,5-10,12H2,1-4H3/t17?,18?,19?,20-,21?,22?,23?/m1/s1. The molecule has 0 spiro atoms. The molecular weight excluding hydrogens is 340 g/mol. The first kappa shape index (κ1) is 18.9. The van der Waals surface area contributed by atoms with Crippen LogP contribution in [-0.4, -0.2) is 23.6 Å². The highest BCUT2D eigenvalue weighted by Crippen LogP contribution is 2.67. The van der Waals surface area contributed by atoms with Crippen LogP contribution in [0.25, 0.3) is 0 Å². The van der Waals surface area contributed by atoms with Gasteiger partial charge in [-0.3, -0.25) is 14.4 Å². The van der Waals surface area contributed by atoms with E-state index in [0.29, 0.717) is 18.3 Å². The highest BCUT2D eigenvalue weighted by atomic mass is 16.5. The van der Waals surface area contributed by atoms with Crippen molar-refractivity contribution in [1.82, 2.24) is 0 Å². The van der Waals surface area contributed by atoms with Crippen molar-refractivity contribution in [2.24, 2.45) is 34.5 Å². The van der Waals surface area contributed by atoms with E-state index in [0.717, 1.165) is 38.5 Å². The minimum atomic E-state index is -0.232. The Hall–Kier alpha value is -1.45. The summed E-state index contributed by atoms with van der Waals surface area (Å²) in [5.74, 6) is 1.61. The predicted octanol–water partition coefficient (Wildman–Crippen LogP) is 4.27. The summed E-state index contributed by atoms with van der Waals surface area (Å²) in [6, 6.07) is 0. The zero-order chi connectivity index (χ0) is 19.6. The molecule has 4 aliphatic carbocycles. The van der Waals surface area contributed by atoms with Gasteiger partial charge >= 0.3 is 5.97 Å². The molecule has 27 heavy (non-hydrogen) atoms. The van der Waals surface area contributed by atoms with Gasteiger partial charge in [0, 0.05) is 25.2 Å². The van der Waals surface area contributed by atoms with Crippen LogP contribution in [0.2, 0.25) is 0 Å². The summed E-state index contributed by atoms with van der Waals surface area (Å²) < 4.78 is 5.94. The van der Waals surface area contributed by atoms with Crippen molar-refractivity contribution in [1.29, 1.82) is 0 Å². The molecule has 148 valence electrons. The highest BCUT2D eigenvalue weighted by Gasteiger charge is 2.63. The number of ether oxygens (including phenoxy) is 1. The molecule has 6 unspecified atom stereocenters. The molecule has 0 heterocycles. The third-order valence-electron chi connectivity index (χ3n) is 8.68. The van der Waals surface area contributed by atoms with Crippen LogP contribution in [0.1, 0.15) is 72.6 Å². The molecule has 0 N–H and O–H groups in total. The number of carbonyl (C=O) groups is 3. The summed E-state index contributed by atoms with van der Waals surface area (Å²) in [7, 11) is 0. The fourth-order valence-corrected chi connectivity index (χ4v) is 7.64. The van der Waals surface area contributed by atoms with E-state index in [4.69, 9.17) is 4.74 Å². The Kier molecular flexibility index (Phi) is 4.40. The summed E-state index contributed by atoms with van der Waals surface area (Å²) in [5, 5.41) is 0. The van der Waals surface area contributed by atoms with Gasteiger partial charge in [0.25, 0.3) is 0 Å². The topological polar surface area (TPSA) is 60.4 Å². The number of hydrogen-bond acceptors (Lipinski definition) is 4. The second kappa shape index (κ2) is 6.28. The van der Waals surface area contributed by atoms with Crippen molar-refractivity contribution in [3.05, 3.63) is 11.6 Å². The zero-order valence-electron chi connectivity index (χ0n) is 17.0. The Morgan fingerprint density at radius 1 is 1.11 bits per heavy atom. The molecule has 4 nitrogen and oxygen atoms in total. The smallest absolute Gasteiger partial charge is 0.302 e. The minimum absolute atomic E-state index is 0.0629. The zero-order valence-corrected chi connectivity index (χ0v) is 17.0. The van der Waals surface area contributed by atoms with Crippen molar-refractivity contribution < 1.29 is 19.1 Å². The second-order valence-electron chi connectivity index (χ2n) is 9.99. The van der Waals surface area contributed by atoms with Gasteiger partial charge in [0.05, 0.1) is 0 Å². The Morgan fingerprint density at radius 2 is 1.85 bits per heavy atom. The van der Waals surface area contributed by atoms with Crippen molar-refractivity contribution in [3.63, 3.8) is 0 Å². The van der Waals surface area contributed by atoms with Crippen LogP contribution in [0.4, 0.5) is 0 Å². The predicted molar refractivity (Wildman–Crippen MR) is 102 cm³/mol. The molecule has 0 radical (unpaired) electrons. The summed E-state index contributed by atoms with van der Waals surface area (Å²) in [5.41, 5.74) is 1.13. The molecule has 0 bridgehead atoms. The van der Waals surface area contributed by atoms with E-state index < -0.39 is 0 Å². The monoisotopic (exact) mass is 372 g/mol. The largest absolute Gasteiger partial charge is 0.462 e. The fourth-order valence-electron chi connectivity index (χ4n) is 7.64. The van der Waals surface area contributed by atoms with Crippen LogP contribution in [0.3, 0.4) is 0 Å². The Morgan fingerprint density at radius 3 is 2.52 bits per heavy atom. The first-order valence-electron chi connectivity index (χ1n) is 10.6. The van der Waals surface area contributed by atoms with Crippen LogP contribution in [0.15, 0.2) is 11.6 Å². The van der Waals surface area contributed by atoms with E-state index in [1.165, 1.54) is 12.5 Å². The van der Waals surface area contributed by atoms with Crippen LogP contribution < -0.4 is 0 Å². The molecule has 3 fully saturated rings. The van der Waals surface area contributed by atoms with Crippen LogP contribution >= 0.6 is 0 Å². The highest BCUT2D eigenvalue weighted by molar-refractivity contribution is 5.91. The number of carbonyl (C=O) groups excluding carboxylic acids is 3. The van der Waals surface area contributed by atoms with Crippen LogP contribution in [0, 0.1) is 34.5 Å². The molecule has 4 heteroatoms. The van der Waals surface area contributed by atoms with E-state index in [1.807, 2.05) is 6.08 Å². The van der Waals surface area contributed by atoms with E-state index in [1.54, 1.807) is 6.92 Å². The molecule has 0 aromatic rings. The van der Waals surface area contributed by atoms with E-state index >= 15 is 0 Å². The Bertz CT molecular complexity index is 722. The number of rotatable bonds is 2. The average Bonchev–Trinajstić information content (AvgIpc) is 2.91. The first-order chi connectivity index (χ1) is 12.7. The van der Waals surface area contributed by atoms with Gasteiger partial charge in [0.2, 0.25) is 0 Å². The van der Waals surface area contributed by atoms with Crippen molar-refractivity contribution >= 4 is 17.5 Å². The van der Waals surface area contributed by atoms with Gasteiger partial charge < -0.3 is 4.74 Å². The number of Topliss-reactive ketones (excluding diaryl/α,β-unsaturated/α-hetero) is 1. The number of hydrogen-bond donors (Lipinski definition) is 0. The lowest BCUT2D eigenvalue weighted by Crippen LogP contribution is -2.57. The third kappa shape index (κ3) is 2.74. The molecule has 0 aromatic heterocycles. The number of ketones is 2. The van der Waals surface area contributed by atoms with Crippen molar-refractivity contribution in [2.45, 2.75) is 78.7 Å². The lowest BCUT2D eigenvalue weighted by atomic mass is 9.46. The van der Waals surface area contributed by atoms with Gasteiger partial charge in [-0.25, -0.2) is 0 Å². The molecular formula is C23H32O4. The maximum atomic E-state index is 12.4. The molecule has 0 amide bonds. The van der Waals surface area contributed by atoms with E-state index in [-0.39, 0.29) is 46.3 Å². The number of esters is 1. The fraction of sp³-hybridized carbons (Fsp3) is 0.783. The van der Waals surface area contributed by atoms with E-state index in [2.05, 4.69) is 13.8 Å². The third-order valence-corrected chi connectivity index (χ3v) is 8.68. The summed E-state index contributed by atoms with van der Waals surface area (Å²) in [6.45, 7) is 7.77. The van der Waals surface area contributed by atoms with Gasteiger partial charge in [0.1, 0.15) is 11.9 Å². The van der Waals surface area contributed by atoms with Gasteiger partial charge in [-0.1, -0.05) is 19.4 Å². The van der Waals surface area contributed by atoms with Gasteiger partial charge in [0.15, 0.2) is 5.78 Å². The quantitative estimate of drug-likeness (QED) is 0.679. The van der Waals surface area contributed by atoms with E-state index in [9.17, 15) is 14.4 Å². The Balaban J connectivity index is 1.77. The SMILES string of the molecule is CC(=O)O[C@@H]1CC2(C)C(C(C)=O)CCC2C2CCC3=CC(=O)CCC3(C)C21. The van der Waals surface area contributed by atoms with Crippen LogP contribution in [0.5, 0.6) is 0 Å². The summed E-state index contributed by atoms with van der Waals surface area (Å²) >= 11 is 0. The normalized spacial score (nSPS) is 46.0. The number of fused-ring (bicyclic) bond motifs is 5. The molecule has 0 aromatic carbocycles.